The van der Waals surface area contributed by atoms with Crippen molar-refractivity contribution in [1.29, 1.82) is 0 Å². The van der Waals surface area contributed by atoms with Crippen LogP contribution < -0.4 is 13.8 Å². The third-order valence-electron chi connectivity index (χ3n) is 3.56. The number of rotatable bonds is 8. The second-order valence-corrected chi connectivity index (χ2v) is 9.08. The lowest BCUT2D eigenvalue weighted by atomic mass is 10.3. The molecule has 0 heterocycles. The Balaban J connectivity index is 2.00. The van der Waals surface area contributed by atoms with E-state index in [2.05, 4.69) is 4.72 Å². The second kappa shape index (κ2) is 7.85. The topological polar surface area (TPSA) is 92.8 Å². The molecular formula is C16H20N2O5S2. The molecule has 0 atom stereocenters. The highest BCUT2D eigenvalue weighted by molar-refractivity contribution is 7.93. The van der Waals surface area contributed by atoms with E-state index < -0.39 is 20.0 Å². The molecule has 0 saturated heterocycles. The van der Waals surface area contributed by atoms with E-state index in [9.17, 15) is 16.8 Å². The van der Waals surface area contributed by atoms with E-state index in [0.717, 1.165) is 4.31 Å². The summed E-state index contributed by atoms with van der Waals surface area (Å²) in [5, 5.41) is 0. The van der Waals surface area contributed by atoms with Gasteiger partial charge in [-0.15, -0.1) is 0 Å². The van der Waals surface area contributed by atoms with Gasteiger partial charge in [-0.3, -0.25) is 4.31 Å². The maximum absolute atomic E-state index is 12.3. The molecule has 0 bridgehead atoms. The van der Waals surface area contributed by atoms with Gasteiger partial charge in [-0.05, 0) is 36.4 Å². The van der Waals surface area contributed by atoms with Crippen molar-refractivity contribution in [3.63, 3.8) is 0 Å². The van der Waals surface area contributed by atoms with E-state index in [1.807, 2.05) is 0 Å². The number of ether oxygens (including phenoxy) is 1. The Hall–Kier alpha value is -2.10. The van der Waals surface area contributed by atoms with E-state index in [-0.39, 0.29) is 17.2 Å². The highest BCUT2D eigenvalue weighted by Gasteiger charge is 2.20. The van der Waals surface area contributed by atoms with Crippen LogP contribution in [0.3, 0.4) is 0 Å². The first-order valence-corrected chi connectivity index (χ1v) is 10.5. The fourth-order valence-corrected chi connectivity index (χ4v) is 4.32. The summed E-state index contributed by atoms with van der Waals surface area (Å²) in [6, 6.07) is 14.4. The second-order valence-electron chi connectivity index (χ2n) is 5.19. The first-order chi connectivity index (χ1) is 11.8. The zero-order valence-corrected chi connectivity index (χ0v) is 15.5. The average molecular weight is 384 g/mol. The predicted octanol–water partition coefficient (Wildman–Crippen LogP) is 1.44. The molecule has 136 valence electrons. The monoisotopic (exact) mass is 384 g/mol. The minimum Gasteiger partial charge on any atom is -0.497 e. The normalized spacial score (nSPS) is 11.9. The summed E-state index contributed by atoms with van der Waals surface area (Å²) in [5.74, 6) is 0.180. The van der Waals surface area contributed by atoms with Gasteiger partial charge in [0.05, 0.1) is 23.4 Å². The van der Waals surface area contributed by atoms with E-state index in [1.165, 1.54) is 38.4 Å². The molecule has 0 spiro atoms. The van der Waals surface area contributed by atoms with Gasteiger partial charge in [-0.1, -0.05) is 18.2 Å². The van der Waals surface area contributed by atoms with Gasteiger partial charge >= 0.3 is 0 Å². The number of benzene rings is 2. The largest absolute Gasteiger partial charge is 0.497 e. The van der Waals surface area contributed by atoms with Gasteiger partial charge in [0, 0.05) is 13.6 Å². The predicted molar refractivity (Wildman–Crippen MR) is 96.8 cm³/mol. The van der Waals surface area contributed by atoms with Crippen LogP contribution in [0.15, 0.2) is 59.5 Å². The average Bonchev–Trinajstić information content (AvgIpc) is 2.61. The summed E-state index contributed by atoms with van der Waals surface area (Å²) < 4.78 is 57.4. The number of methoxy groups -OCH3 is 1. The quantitative estimate of drug-likeness (QED) is 0.743. The van der Waals surface area contributed by atoms with Crippen molar-refractivity contribution in [2.75, 3.05) is 30.8 Å². The molecule has 0 unspecified atom stereocenters. The number of para-hydroxylation sites is 1. The fourth-order valence-electron chi connectivity index (χ4n) is 2.08. The lowest BCUT2D eigenvalue weighted by Crippen LogP contribution is -2.35. The Morgan fingerprint density at radius 1 is 0.960 bits per heavy atom. The van der Waals surface area contributed by atoms with Crippen molar-refractivity contribution in [3.8, 4) is 5.75 Å². The zero-order chi connectivity index (χ0) is 18.5. The van der Waals surface area contributed by atoms with Crippen LogP contribution in [0.25, 0.3) is 0 Å². The first kappa shape index (κ1) is 19.2. The summed E-state index contributed by atoms with van der Waals surface area (Å²) in [7, 11) is -4.51. The van der Waals surface area contributed by atoms with Crippen molar-refractivity contribution in [2.45, 2.75) is 4.90 Å². The smallest absolute Gasteiger partial charge is 0.240 e. The van der Waals surface area contributed by atoms with Crippen LogP contribution in [0.2, 0.25) is 0 Å². The zero-order valence-electron chi connectivity index (χ0n) is 13.9. The third-order valence-corrected chi connectivity index (χ3v) is 6.80. The van der Waals surface area contributed by atoms with E-state index in [1.54, 1.807) is 30.3 Å². The molecule has 2 aromatic carbocycles. The molecule has 0 fully saturated rings. The summed E-state index contributed by atoms with van der Waals surface area (Å²) in [6.45, 7) is -0.228. The molecule has 0 aromatic heterocycles. The number of hydrogen-bond acceptors (Lipinski definition) is 5. The Bertz CT molecular complexity index is 895. The third kappa shape index (κ3) is 4.94. The van der Waals surface area contributed by atoms with Crippen molar-refractivity contribution in [3.05, 3.63) is 54.6 Å². The highest BCUT2D eigenvalue weighted by Crippen LogP contribution is 2.16. The molecule has 0 saturated carbocycles. The first-order valence-electron chi connectivity index (χ1n) is 7.41. The molecular weight excluding hydrogens is 364 g/mol. The van der Waals surface area contributed by atoms with Crippen LogP contribution >= 0.6 is 0 Å². The minimum absolute atomic E-state index is 0.0436. The Morgan fingerprint density at radius 2 is 1.56 bits per heavy atom. The Kier molecular flexibility index (Phi) is 6.04. The maximum atomic E-state index is 12.3. The number of sulfonamides is 2. The standard InChI is InChI=1S/C16H20N2O5S2/c1-18(14-6-4-3-5-7-14)24(19,20)13-12-17-25(21,22)16-10-8-15(23-2)9-11-16/h3-11,17H,12-13H2,1-2H3. The van der Waals surface area contributed by atoms with Gasteiger partial charge in [0.25, 0.3) is 0 Å². The van der Waals surface area contributed by atoms with Crippen LogP contribution in [0.1, 0.15) is 0 Å². The van der Waals surface area contributed by atoms with Crippen LogP contribution in [0.4, 0.5) is 5.69 Å². The van der Waals surface area contributed by atoms with Crippen molar-refractivity contribution in [2.24, 2.45) is 0 Å². The maximum Gasteiger partial charge on any atom is 0.240 e. The molecule has 7 nitrogen and oxygen atoms in total. The molecule has 0 aliphatic carbocycles. The molecule has 0 aliphatic rings. The Labute approximate surface area is 148 Å². The molecule has 9 heteroatoms. The van der Waals surface area contributed by atoms with E-state index in [4.69, 9.17) is 4.74 Å². The molecule has 0 amide bonds. The SMILES string of the molecule is COc1ccc(S(=O)(=O)NCCS(=O)(=O)N(C)c2ccccc2)cc1. The van der Waals surface area contributed by atoms with Crippen molar-refractivity contribution < 1.29 is 21.6 Å². The number of anilines is 1. The molecule has 25 heavy (non-hydrogen) atoms. The minimum atomic E-state index is -3.79. The van der Waals surface area contributed by atoms with Crippen LogP contribution in [-0.4, -0.2) is 43.3 Å². The summed E-state index contributed by atoms with van der Waals surface area (Å²) in [5.41, 5.74) is 0.514. The van der Waals surface area contributed by atoms with Crippen molar-refractivity contribution >= 4 is 25.7 Å². The number of nitrogens with one attached hydrogen (secondary N) is 1. The fraction of sp³-hybridized carbons (Fsp3) is 0.250. The lowest BCUT2D eigenvalue weighted by molar-refractivity contribution is 0.414. The summed E-state index contributed by atoms with van der Waals surface area (Å²) >= 11 is 0. The van der Waals surface area contributed by atoms with Gasteiger partial charge < -0.3 is 4.74 Å². The van der Waals surface area contributed by atoms with E-state index >= 15 is 0 Å². The molecule has 0 aliphatic heterocycles. The molecule has 2 aromatic rings. The van der Waals surface area contributed by atoms with Gasteiger partial charge in [-0.25, -0.2) is 21.6 Å². The highest BCUT2D eigenvalue weighted by atomic mass is 32.2. The number of nitrogens with zero attached hydrogens (tertiary/aromatic N) is 1. The van der Waals surface area contributed by atoms with Gasteiger partial charge in [0.1, 0.15) is 5.75 Å². The van der Waals surface area contributed by atoms with Gasteiger partial charge in [-0.2, -0.15) is 0 Å². The molecule has 2 rings (SSSR count). The van der Waals surface area contributed by atoms with Crippen LogP contribution in [0, 0.1) is 0 Å². The summed E-state index contributed by atoms with van der Waals surface area (Å²) in [4.78, 5) is 0.0436. The van der Waals surface area contributed by atoms with Crippen LogP contribution in [-0.2, 0) is 20.0 Å². The number of hydrogen-bond donors (Lipinski definition) is 1. The van der Waals surface area contributed by atoms with E-state index in [0.29, 0.717) is 11.4 Å². The van der Waals surface area contributed by atoms with Gasteiger partial charge in [0.2, 0.25) is 20.0 Å². The summed E-state index contributed by atoms with van der Waals surface area (Å²) in [6.07, 6.45) is 0. The van der Waals surface area contributed by atoms with Gasteiger partial charge in [0.15, 0.2) is 0 Å². The lowest BCUT2D eigenvalue weighted by Gasteiger charge is -2.19. The molecule has 0 radical (unpaired) electrons. The Morgan fingerprint density at radius 3 is 2.12 bits per heavy atom. The molecule has 1 N–H and O–H groups in total. The van der Waals surface area contributed by atoms with Crippen molar-refractivity contribution in [1.82, 2.24) is 4.72 Å². The van der Waals surface area contributed by atoms with Crippen LogP contribution in [0.5, 0.6) is 5.75 Å².